The molecule has 2 N–H and O–H groups in total. The van der Waals surface area contributed by atoms with E-state index in [1.165, 1.54) is 5.56 Å². The van der Waals surface area contributed by atoms with E-state index in [0.29, 0.717) is 6.42 Å². The number of aryl methyl sites for hydroxylation is 2. The van der Waals surface area contributed by atoms with Gasteiger partial charge in [0.05, 0.1) is 7.11 Å². The van der Waals surface area contributed by atoms with Crippen molar-refractivity contribution in [3.8, 4) is 5.75 Å². The Kier molecular flexibility index (Phi) is 5.49. The van der Waals surface area contributed by atoms with Crippen LogP contribution in [0.4, 0.5) is 0 Å². The van der Waals surface area contributed by atoms with Crippen molar-refractivity contribution in [2.24, 2.45) is 0 Å². The van der Waals surface area contributed by atoms with E-state index in [2.05, 4.69) is 23.8 Å². The molecule has 94 valence electrons. The molecule has 0 saturated heterocycles. The Bertz CT molecular complexity index is 378. The summed E-state index contributed by atoms with van der Waals surface area (Å²) in [6, 6.07) is 6.10. The maximum atomic E-state index is 11.2. The zero-order valence-corrected chi connectivity index (χ0v) is 10.7. The molecule has 1 aromatic carbocycles. The third kappa shape index (κ3) is 4.44. The van der Waals surface area contributed by atoms with Gasteiger partial charge in [-0.05, 0) is 31.4 Å². The first-order valence-corrected chi connectivity index (χ1v) is 5.76. The lowest BCUT2D eigenvalue weighted by Gasteiger charge is -2.09. The number of nitrogens with one attached hydrogen (secondary N) is 2. The molecule has 0 radical (unpaired) electrons. The molecule has 0 aliphatic rings. The summed E-state index contributed by atoms with van der Waals surface area (Å²) in [5.74, 6) is 0.906. The number of methoxy groups -OCH3 is 1. The molecule has 4 heteroatoms. The van der Waals surface area contributed by atoms with Crippen LogP contribution >= 0.6 is 0 Å². The van der Waals surface area contributed by atoms with Crippen LogP contribution in [0.1, 0.15) is 24.0 Å². The van der Waals surface area contributed by atoms with Crippen LogP contribution in [-0.4, -0.2) is 20.1 Å². The van der Waals surface area contributed by atoms with Crippen LogP contribution in [-0.2, 0) is 11.2 Å². The third-order valence-electron chi connectivity index (χ3n) is 2.55. The molecule has 0 atom stereocenters. The molecule has 0 unspecified atom stereocenters. The summed E-state index contributed by atoms with van der Waals surface area (Å²) in [6.07, 6.45) is 2.17. The fourth-order valence-electron chi connectivity index (χ4n) is 1.74. The van der Waals surface area contributed by atoms with Gasteiger partial charge in [-0.1, -0.05) is 17.7 Å². The minimum absolute atomic E-state index is 0.0131. The lowest BCUT2D eigenvalue weighted by molar-refractivity contribution is -0.122. The smallest absolute Gasteiger partial charge is 0.234 e. The van der Waals surface area contributed by atoms with E-state index in [1.54, 1.807) is 14.2 Å². The normalized spacial score (nSPS) is 10.1. The third-order valence-corrected chi connectivity index (χ3v) is 2.55. The van der Waals surface area contributed by atoms with E-state index in [0.717, 1.165) is 24.2 Å². The molecule has 0 fully saturated rings. The second-order valence-electron chi connectivity index (χ2n) is 3.97. The molecule has 1 aromatic rings. The highest BCUT2D eigenvalue weighted by Crippen LogP contribution is 2.21. The van der Waals surface area contributed by atoms with Crippen LogP contribution in [0.2, 0.25) is 0 Å². The number of amides is 1. The van der Waals surface area contributed by atoms with Gasteiger partial charge in [-0.25, -0.2) is 5.43 Å². The van der Waals surface area contributed by atoms with E-state index in [-0.39, 0.29) is 5.91 Å². The second-order valence-corrected chi connectivity index (χ2v) is 3.97. The molecule has 0 bridgehead atoms. The van der Waals surface area contributed by atoms with Gasteiger partial charge in [0.15, 0.2) is 0 Å². The Morgan fingerprint density at radius 2 is 2.18 bits per heavy atom. The van der Waals surface area contributed by atoms with Crippen molar-refractivity contribution >= 4 is 5.91 Å². The number of hydrogen-bond acceptors (Lipinski definition) is 3. The highest BCUT2D eigenvalue weighted by Gasteiger charge is 2.05. The number of hydrogen-bond donors (Lipinski definition) is 2. The molecular weight excluding hydrogens is 216 g/mol. The van der Waals surface area contributed by atoms with Crippen molar-refractivity contribution in [2.75, 3.05) is 14.2 Å². The van der Waals surface area contributed by atoms with E-state index in [9.17, 15) is 4.79 Å². The predicted octanol–water partition coefficient (Wildman–Crippen LogP) is 1.58. The van der Waals surface area contributed by atoms with Crippen molar-refractivity contribution in [2.45, 2.75) is 26.2 Å². The molecular formula is C13H20N2O2. The summed E-state index contributed by atoms with van der Waals surface area (Å²) >= 11 is 0. The fraction of sp³-hybridized carbons (Fsp3) is 0.462. The summed E-state index contributed by atoms with van der Waals surface area (Å²) < 4.78 is 5.29. The number of carbonyl (C=O) groups is 1. The van der Waals surface area contributed by atoms with Crippen LogP contribution in [0, 0.1) is 6.92 Å². The Hall–Kier alpha value is -1.55. The van der Waals surface area contributed by atoms with Crippen molar-refractivity contribution in [3.05, 3.63) is 29.3 Å². The fourth-order valence-corrected chi connectivity index (χ4v) is 1.74. The first kappa shape index (κ1) is 13.5. The molecule has 4 nitrogen and oxygen atoms in total. The summed E-state index contributed by atoms with van der Waals surface area (Å²) in [4.78, 5) is 11.2. The SMILES string of the molecule is CNNC(=O)CCCc1cc(C)ccc1OC. The van der Waals surface area contributed by atoms with Gasteiger partial charge < -0.3 is 4.74 Å². The van der Waals surface area contributed by atoms with Crippen LogP contribution in [0.25, 0.3) is 0 Å². The van der Waals surface area contributed by atoms with Gasteiger partial charge in [0.25, 0.3) is 0 Å². The molecule has 17 heavy (non-hydrogen) atoms. The topological polar surface area (TPSA) is 50.4 Å². The number of hydrazine groups is 1. The maximum Gasteiger partial charge on any atom is 0.234 e. The van der Waals surface area contributed by atoms with Crippen LogP contribution in [0.5, 0.6) is 5.75 Å². The first-order chi connectivity index (χ1) is 8.17. The zero-order chi connectivity index (χ0) is 12.7. The molecule has 0 aliphatic carbocycles. The van der Waals surface area contributed by atoms with Gasteiger partial charge in [0.2, 0.25) is 5.91 Å². The minimum atomic E-state index is 0.0131. The summed E-state index contributed by atoms with van der Waals surface area (Å²) in [5.41, 5.74) is 7.54. The van der Waals surface area contributed by atoms with Gasteiger partial charge in [0, 0.05) is 13.5 Å². The van der Waals surface area contributed by atoms with Crippen molar-refractivity contribution in [3.63, 3.8) is 0 Å². The lowest BCUT2D eigenvalue weighted by atomic mass is 10.0. The Morgan fingerprint density at radius 3 is 2.82 bits per heavy atom. The van der Waals surface area contributed by atoms with Gasteiger partial charge >= 0.3 is 0 Å². The largest absolute Gasteiger partial charge is 0.496 e. The van der Waals surface area contributed by atoms with Crippen LogP contribution in [0.15, 0.2) is 18.2 Å². The van der Waals surface area contributed by atoms with E-state index >= 15 is 0 Å². The first-order valence-electron chi connectivity index (χ1n) is 5.76. The van der Waals surface area contributed by atoms with Crippen molar-refractivity contribution in [1.82, 2.24) is 10.9 Å². The van der Waals surface area contributed by atoms with Gasteiger partial charge in [-0.3, -0.25) is 10.2 Å². The van der Waals surface area contributed by atoms with Gasteiger partial charge in [-0.2, -0.15) is 0 Å². The van der Waals surface area contributed by atoms with Crippen LogP contribution in [0.3, 0.4) is 0 Å². The molecule has 0 spiro atoms. The quantitative estimate of drug-likeness (QED) is 0.737. The van der Waals surface area contributed by atoms with Crippen molar-refractivity contribution < 1.29 is 9.53 Å². The second kappa shape index (κ2) is 6.91. The van der Waals surface area contributed by atoms with E-state index in [1.807, 2.05) is 12.1 Å². The molecule has 1 rings (SSSR count). The molecule has 0 heterocycles. The Morgan fingerprint density at radius 1 is 1.41 bits per heavy atom. The minimum Gasteiger partial charge on any atom is -0.496 e. The summed E-state index contributed by atoms with van der Waals surface area (Å²) in [7, 11) is 3.35. The lowest BCUT2D eigenvalue weighted by Crippen LogP contribution is -2.33. The number of carbonyl (C=O) groups excluding carboxylic acids is 1. The van der Waals surface area contributed by atoms with E-state index in [4.69, 9.17) is 4.74 Å². The highest BCUT2D eigenvalue weighted by molar-refractivity contribution is 5.75. The van der Waals surface area contributed by atoms with Crippen molar-refractivity contribution in [1.29, 1.82) is 0 Å². The summed E-state index contributed by atoms with van der Waals surface area (Å²) in [6.45, 7) is 2.05. The Balaban J connectivity index is 2.50. The summed E-state index contributed by atoms with van der Waals surface area (Å²) in [5, 5.41) is 0. The standard InChI is InChI=1S/C13H20N2O2/c1-10-7-8-12(17-3)11(9-10)5-4-6-13(16)15-14-2/h7-9,14H,4-6H2,1-3H3,(H,15,16). The maximum absolute atomic E-state index is 11.2. The predicted molar refractivity (Wildman–Crippen MR) is 67.9 cm³/mol. The zero-order valence-electron chi connectivity index (χ0n) is 10.7. The average molecular weight is 236 g/mol. The Labute approximate surface area is 102 Å². The average Bonchev–Trinajstić information content (AvgIpc) is 2.30. The number of rotatable bonds is 6. The number of benzene rings is 1. The van der Waals surface area contributed by atoms with Gasteiger partial charge in [-0.15, -0.1) is 0 Å². The van der Waals surface area contributed by atoms with Gasteiger partial charge in [0.1, 0.15) is 5.75 Å². The monoisotopic (exact) mass is 236 g/mol. The molecule has 0 saturated carbocycles. The number of ether oxygens (including phenoxy) is 1. The molecule has 1 amide bonds. The molecule has 0 aliphatic heterocycles. The van der Waals surface area contributed by atoms with Crippen LogP contribution < -0.4 is 15.6 Å². The highest BCUT2D eigenvalue weighted by atomic mass is 16.5. The van der Waals surface area contributed by atoms with E-state index < -0.39 is 0 Å². The molecule has 0 aromatic heterocycles.